The van der Waals surface area contributed by atoms with Crippen LogP contribution < -0.4 is 0 Å². The normalized spacial score (nSPS) is 11.9. The van der Waals surface area contributed by atoms with Crippen LogP contribution in [0.3, 0.4) is 0 Å². The number of fused-ring (bicyclic) bond motifs is 12. The third-order valence-electron chi connectivity index (χ3n) is 10.8. The van der Waals surface area contributed by atoms with Crippen molar-refractivity contribution in [3.63, 3.8) is 0 Å². The van der Waals surface area contributed by atoms with Gasteiger partial charge in [0.15, 0.2) is 0 Å². The lowest BCUT2D eigenvalue weighted by atomic mass is 9.84. The first-order valence-electron chi connectivity index (χ1n) is 17.6. The predicted octanol–water partition coefficient (Wildman–Crippen LogP) is 14.4. The van der Waals surface area contributed by atoms with Gasteiger partial charge in [0, 0.05) is 16.2 Å². The zero-order valence-electron chi connectivity index (χ0n) is 27.7. The Bertz CT molecular complexity index is 3130. The first kappa shape index (κ1) is 28.2. The maximum atomic E-state index is 6.39. The summed E-state index contributed by atoms with van der Waals surface area (Å²) in [6.45, 7) is 0. The largest absolute Gasteiger partial charge is 0.456 e. The van der Waals surface area contributed by atoms with E-state index in [4.69, 9.17) is 4.42 Å². The summed E-state index contributed by atoms with van der Waals surface area (Å²) in [6.07, 6.45) is 0. The lowest BCUT2D eigenvalue weighted by Gasteiger charge is -2.19. The Labute approximate surface area is 294 Å². The van der Waals surface area contributed by atoms with Crippen molar-refractivity contribution in [1.29, 1.82) is 0 Å². The van der Waals surface area contributed by atoms with E-state index in [1.165, 1.54) is 92.6 Å². The van der Waals surface area contributed by atoms with E-state index in [1.54, 1.807) is 0 Å². The highest BCUT2D eigenvalue weighted by Crippen LogP contribution is 2.47. The van der Waals surface area contributed by atoms with Crippen LogP contribution in [0.1, 0.15) is 0 Å². The van der Waals surface area contributed by atoms with Gasteiger partial charge >= 0.3 is 0 Å². The minimum absolute atomic E-state index is 0.922. The van der Waals surface area contributed by atoms with E-state index in [0.717, 1.165) is 16.6 Å². The van der Waals surface area contributed by atoms with Gasteiger partial charge in [-0.1, -0.05) is 152 Å². The molecule has 1 heterocycles. The Hall–Kier alpha value is -6.70. The monoisotopic (exact) mass is 646 g/mol. The maximum absolute atomic E-state index is 6.39. The van der Waals surface area contributed by atoms with Gasteiger partial charge < -0.3 is 4.42 Å². The third-order valence-corrected chi connectivity index (χ3v) is 10.8. The van der Waals surface area contributed by atoms with Gasteiger partial charge in [-0.25, -0.2) is 0 Å². The molecular weight excluding hydrogens is 617 g/mol. The van der Waals surface area contributed by atoms with Crippen molar-refractivity contribution in [2.24, 2.45) is 0 Å². The lowest BCUT2D eigenvalue weighted by molar-refractivity contribution is 0.669. The molecule has 0 bridgehead atoms. The summed E-state index contributed by atoms with van der Waals surface area (Å²) in [5.41, 5.74) is 9.27. The smallest absolute Gasteiger partial charge is 0.136 e. The van der Waals surface area contributed by atoms with E-state index in [1.807, 2.05) is 6.07 Å². The molecule has 1 nitrogen and oxygen atoms in total. The van der Waals surface area contributed by atoms with E-state index in [9.17, 15) is 0 Å². The zero-order chi connectivity index (χ0) is 33.5. The second-order valence-corrected chi connectivity index (χ2v) is 13.6. The van der Waals surface area contributed by atoms with E-state index < -0.39 is 0 Å². The van der Waals surface area contributed by atoms with E-state index >= 15 is 0 Å². The molecule has 11 rings (SSSR count). The average molecular weight is 647 g/mol. The predicted molar refractivity (Wildman–Crippen MR) is 218 cm³/mol. The average Bonchev–Trinajstić information content (AvgIpc) is 3.59. The number of rotatable bonds is 3. The summed E-state index contributed by atoms with van der Waals surface area (Å²) in [7, 11) is 0. The summed E-state index contributed by atoms with van der Waals surface area (Å²) in [4.78, 5) is 0. The molecule has 0 spiro atoms. The molecule has 10 aromatic carbocycles. The summed E-state index contributed by atoms with van der Waals surface area (Å²) in [6, 6.07) is 66.3. The van der Waals surface area contributed by atoms with Gasteiger partial charge in [0.1, 0.15) is 11.2 Å². The van der Waals surface area contributed by atoms with Crippen LogP contribution in [0.4, 0.5) is 0 Å². The summed E-state index contributed by atoms with van der Waals surface area (Å²) in [5.74, 6) is 0. The number of furan rings is 1. The third kappa shape index (κ3) is 4.16. The summed E-state index contributed by atoms with van der Waals surface area (Å²) in [5, 5.41) is 14.9. The molecule has 1 aromatic heterocycles. The van der Waals surface area contributed by atoms with Crippen molar-refractivity contribution in [3.8, 4) is 33.4 Å². The summed E-state index contributed by atoms with van der Waals surface area (Å²) < 4.78 is 6.39. The molecule has 0 amide bonds. The van der Waals surface area contributed by atoms with Crippen LogP contribution in [-0.4, -0.2) is 0 Å². The number of benzene rings is 10. The second-order valence-electron chi connectivity index (χ2n) is 13.6. The fourth-order valence-corrected chi connectivity index (χ4v) is 8.65. The van der Waals surface area contributed by atoms with E-state index in [2.05, 4.69) is 176 Å². The lowest BCUT2D eigenvalue weighted by Crippen LogP contribution is -1.92. The van der Waals surface area contributed by atoms with Crippen molar-refractivity contribution in [2.45, 2.75) is 0 Å². The molecule has 0 aliphatic carbocycles. The van der Waals surface area contributed by atoms with Crippen molar-refractivity contribution < 1.29 is 4.42 Å². The van der Waals surface area contributed by atoms with Gasteiger partial charge in [-0.3, -0.25) is 0 Å². The fourth-order valence-electron chi connectivity index (χ4n) is 8.65. The molecule has 1 heteroatoms. The standard InChI is InChI=1S/C50H30O/c1-2-13-31(14-3-1)32-15-12-16-33(29-32)47-37-19-6-8-21-39(37)48(40-22-9-7-20-38(40)47)34-25-26-42-44(30-34)36-18-5-4-17-35(36)41-27-28-46-50(49(41)42)43-23-10-11-24-45(43)51-46/h1-30H. The Kier molecular flexibility index (Phi) is 6.02. The van der Waals surface area contributed by atoms with Crippen LogP contribution in [0.5, 0.6) is 0 Å². The molecule has 0 atom stereocenters. The molecule has 0 aliphatic heterocycles. The van der Waals surface area contributed by atoms with Gasteiger partial charge in [-0.15, -0.1) is 0 Å². The fraction of sp³-hybridized carbons (Fsp3) is 0. The van der Waals surface area contributed by atoms with Gasteiger partial charge in [-0.05, 0) is 112 Å². The molecule has 51 heavy (non-hydrogen) atoms. The molecule has 0 saturated carbocycles. The van der Waals surface area contributed by atoms with Gasteiger partial charge in [0.2, 0.25) is 0 Å². The molecular formula is C50H30O. The topological polar surface area (TPSA) is 13.1 Å². The molecule has 11 aromatic rings. The Morgan fingerprint density at radius 3 is 1.41 bits per heavy atom. The maximum Gasteiger partial charge on any atom is 0.136 e. The minimum atomic E-state index is 0.922. The van der Waals surface area contributed by atoms with Crippen molar-refractivity contribution >= 4 is 75.8 Å². The van der Waals surface area contributed by atoms with E-state index in [0.29, 0.717) is 0 Å². The first-order chi connectivity index (χ1) is 25.3. The molecule has 0 saturated heterocycles. The van der Waals surface area contributed by atoms with Crippen molar-refractivity contribution in [2.75, 3.05) is 0 Å². The molecule has 0 unspecified atom stereocenters. The van der Waals surface area contributed by atoms with Gasteiger partial charge in [0.25, 0.3) is 0 Å². The zero-order valence-corrected chi connectivity index (χ0v) is 27.7. The highest BCUT2D eigenvalue weighted by Gasteiger charge is 2.20. The number of hydrogen-bond donors (Lipinski definition) is 0. The Morgan fingerprint density at radius 2 is 0.725 bits per heavy atom. The molecule has 0 fully saturated rings. The number of para-hydroxylation sites is 1. The molecule has 236 valence electrons. The highest BCUT2D eigenvalue weighted by atomic mass is 16.3. The van der Waals surface area contributed by atoms with Crippen LogP contribution in [0.2, 0.25) is 0 Å². The van der Waals surface area contributed by atoms with Crippen LogP contribution >= 0.6 is 0 Å². The summed E-state index contributed by atoms with van der Waals surface area (Å²) >= 11 is 0. The highest BCUT2D eigenvalue weighted by molar-refractivity contribution is 6.35. The van der Waals surface area contributed by atoms with Crippen LogP contribution in [0.15, 0.2) is 186 Å². The Balaban J connectivity index is 1.23. The first-order valence-corrected chi connectivity index (χ1v) is 17.6. The van der Waals surface area contributed by atoms with Gasteiger partial charge in [0.05, 0.1) is 0 Å². The SMILES string of the molecule is c1ccc(-c2cccc(-c3c4ccccc4c(-c4ccc5c(c4)c4ccccc4c4ccc6oc7ccccc7c6c45)c4ccccc34)c2)cc1. The van der Waals surface area contributed by atoms with Crippen molar-refractivity contribution in [3.05, 3.63) is 182 Å². The second kappa shape index (κ2) is 10.9. The van der Waals surface area contributed by atoms with Crippen LogP contribution in [0.25, 0.3) is 109 Å². The van der Waals surface area contributed by atoms with Crippen molar-refractivity contribution in [1.82, 2.24) is 0 Å². The molecule has 0 N–H and O–H groups in total. The quantitative estimate of drug-likeness (QED) is 0.138. The minimum Gasteiger partial charge on any atom is -0.456 e. The van der Waals surface area contributed by atoms with Crippen LogP contribution in [-0.2, 0) is 0 Å². The van der Waals surface area contributed by atoms with E-state index in [-0.39, 0.29) is 0 Å². The van der Waals surface area contributed by atoms with Gasteiger partial charge in [-0.2, -0.15) is 0 Å². The van der Waals surface area contributed by atoms with Crippen LogP contribution in [0, 0.1) is 0 Å². The molecule has 0 aliphatic rings. The number of hydrogen-bond acceptors (Lipinski definition) is 1. The Morgan fingerprint density at radius 1 is 0.235 bits per heavy atom. The molecule has 0 radical (unpaired) electrons.